The minimum Gasteiger partial charge on any atom is -0.350 e. The summed E-state index contributed by atoms with van der Waals surface area (Å²) in [5.41, 5.74) is 0.938. The van der Waals surface area contributed by atoms with Crippen LogP contribution in [0.2, 0.25) is 0 Å². The van der Waals surface area contributed by atoms with E-state index in [0.29, 0.717) is 22.0 Å². The van der Waals surface area contributed by atoms with Gasteiger partial charge >= 0.3 is 5.69 Å². The Labute approximate surface area is 138 Å². The average molecular weight is 347 g/mol. The van der Waals surface area contributed by atoms with Crippen LogP contribution >= 0.6 is 0 Å². The molecule has 0 spiro atoms. The first-order valence-electron chi connectivity index (χ1n) is 7.29. The van der Waals surface area contributed by atoms with E-state index in [1.807, 2.05) is 36.0 Å². The van der Waals surface area contributed by atoms with Crippen LogP contribution in [-0.4, -0.2) is 28.8 Å². The summed E-state index contributed by atoms with van der Waals surface area (Å²) >= 11 is 0. The highest BCUT2D eigenvalue weighted by molar-refractivity contribution is 7.89. The van der Waals surface area contributed by atoms with Gasteiger partial charge in [0, 0.05) is 25.2 Å². The van der Waals surface area contributed by atoms with Crippen LogP contribution in [0.5, 0.6) is 0 Å². The van der Waals surface area contributed by atoms with E-state index in [1.165, 1.54) is 0 Å². The first-order chi connectivity index (χ1) is 11.2. The van der Waals surface area contributed by atoms with Crippen LogP contribution in [0.25, 0.3) is 10.9 Å². The van der Waals surface area contributed by atoms with E-state index in [0.717, 1.165) is 17.4 Å². The Hall–Kier alpha value is -2.61. The maximum Gasteiger partial charge on any atom is 0.329 e. The Kier molecular flexibility index (Phi) is 3.92. The molecule has 0 saturated carbocycles. The van der Waals surface area contributed by atoms with E-state index < -0.39 is 27.0 Å². The number of nitrogens with one attached hydrogen (secondary N) is 1. The van der Waals surface area contributed by atoms with Gasteiger partial charge in [-0.3, -0.25) is 4.79 Å². The molecule has 2 heterocycles. The Balaban J connectivity index is 2.20. The van der Waals surface area contributed by atoms with Crippen molar-refractivity contribution >= 4 is 20.7 Å². The molecule has 7 nitrogen and oxygen atoms in total. The molecule has 0 aliphatic heterocycles. The fraction of sp³-hybridized carbons (Fsp3) is 0.250. The second kappa shape index (κ2) is 5.79. The van der Waals surface area contributed by atoms with Gasteiger partial charge in [0.15, 0.2) is 9.84 Å². The summed E-state index contributed by atoms with van der Waals surface area (Å²) in [5.74, 6) is -0.641. The van der Waals surface area contributed by atoms with Crippen LogP contribution in [0.4, 0.5) is 0 Å². The van der Waals surface area contributed by atoms with Crippen molar-refractivity contribution in [1.82, 2.24) is 14.1 Å². The van der Waals surface area contributed by atoms with Gasteiger partial charge in [0.2, 0.25) is 0 Å². The average Bonchev–Trinajstić information content (AvgIpc) is 2.97. The predicted molar refractivity (Wildman–Crippen MR) is 91.9 cm³/mol. The highest BCUT2D eigenvalue weighted by atomic mass is 32.2. The number of hydrogen-bond donors (Lipinski definition) is 1. The largest absolute Gasteiger partial charge is 0.350 e. The van der Waals surface area contributed by atoms with Gasteiger partial charge in [-0.2, -0.15) is 0 Å². The lowest BCUT2D eigenvalue weighted by Gasteiger charge is -2.10. The molecule has 1 aromatic carbocycles. The molecule has 0 fully saturated rings. The lowest BCUT2D eigenvalue weighted by Crippen LogP contribution is -2.37. The fourth-order valence-electron chi connectivity index (χ4n) is 2.65. The van der Waals surface area contributed by atoms with Crippen LogP contribution in [-0.2, 0) is 22.3 Å². The normalized spacial score (nSPS) is 11.9. The fourth-order valence-corrected chi connectivity index (χ4v) is 3.35. The molecule has 0 radical (unpaired) electrons. The molecule has 0 aliphatic rings. The Morgan fingerprint density at radius 1 is 1.12 bits per heavy atom. The summed E-state index contributed by atoms with van der Waals surface area (Å²) < 4.78 is 25.6. The molecule has 126 valence electrons. The minimum absolute atomic E-state index is 0.297. The quantitative estimate of drug-likeness (QED) is 0.757. The Bertz CT molecular complexity index is 1120. The molecule has 0 atom stereocenters. The van der Waals surface area contributed by atoms with Crippen molar-refractivity contribution in [2.75, 3.05) is 6.26 Å². The molecule has 0 aliphatic carbocycles. The number of benzene rings is 1. The molecule has 0 bridgehead atoms. The number of aromatic nitrogens is 3. The monoisotopic (exact) mass is 347 g/mol. The third-order valence-electron chi connectivity index (χ3n) is 3.82. The van der Waals surface area contributed by atoms with E-state index in [2.05, 4.69) is 4.98 Å². The van der Waals surface area contributed by atoms with Crippen LogP contribution in [0, 0.1) is 6.92 Å². The highest BCUT2D eigenvalue weighted by Gasteiger charge is 2.14. The number of hydrogen-bond acceptors (Lipinski definition) is 4. The van der Waals surface area contributed by atoms with Gasteiger partial charge in [-0.05, 0) is 42.3 Å². The van der Waals surface area contributed by atoms with Crippen molar-refractivity contribution in [2.45, 2.75) is 19.3 Å². The van der Waals surface area contributed by atoms with E-state index >= 15 is 0 Å². The molecule has 0 unspecified atom stereocenters. The lowest BCUT2D eigenvalue weighted by molar-refractivity contribution is 0.584. The smallest absolute Gasteiger partial charge is 0.329 e. The zero-order valence-corrected chi connectivity index (χ0v) is 14.1. The topological polar surface area (TPSA) is 93.9 Å². The van der Waals surface area contributed by atoms with Crippen molar-refractivity contribution in [1.29, 1.82) is 0 Å². The zero-order valence-electron chi connectivity index (χ0n) is 13.3. The van der Waals surface area contributed by atoms with E-state index in [4.69, 9.17) is 0 Å². The summed E-state index contributed by atoms with van der Waals surface area (Å²) in [6.45, 7) is 2.48. The number of aryl methyl sites for hydroxylation is 1. The molecule has 1 N–H and O–H groups in total. The summed E-state index contributed by atoms with van der Waals surface area (Å²) in [7, 11) is -3.51. The van der Waals surface area contributed by atoms with Crippen molar-refractivity contribution in [3.8, 4) is 0 Å². The van der Waals surface area contributed by atoms with E-state index in [1.54, 1.807) is 12.1 Å². The van der Waals surface area contributed by atoms with Gasteiger partial charge in [0.1, 0.15) is 5.88 Å². The van der Waals surface area contributed by atoms with Crippen LogP contribution < -0.4 is 11.2 Å². The van der Waals surface area contributed by atoms with Crippen LogP contribution in [0.15, 0.2) is 46.2 Å². The predicted octanol–water partition coefficient (Wildman–Crippen LogP) is 0.850. The van der Waals surface area contributed by atoms with E-state index in [-0.39, 0.29) is 0 Å². The van der Waals surface area contributed by atoms with Crippen molar-refractivity contribution < 1.29 is 8.42 Å². The third kappa shape index (κ3) is 3.18. The van der Waals surface area contributed by atoms with E-state index in [9.17, 15) is 18.0 Å². The molecule has 2 aromatic heterocycles. The standard InChI is InChI=1S/C16H17N3O4S/c1-11-7-14-13(8-12(11)9-18-5-3-4-6-18)15(20)19(16(21)17-14)10-24(2,22)23/h3-8H,9-10H2,1-2H3,(H,17,21). The molecule has 8 heteroatoms. The zero-order chi connectivity index (χ0) is 17.5. The molecule has 24 heavy (non-hydrogen) atoms. The first-order valence-corrected chi connectivity index (χ1v) is 9.35. The highest BCUT2D eigenvalue weighted by Crippen LogP contribution is 2.16. The second-order valence-corrected chi connectivity index (χ2v) is 8.01. The number of rotatable bonds is 4. The van der Waals surface area contributed by atoms with Gasteiger partial charge < -0.3 is 9.55 Å². The number of sulfone groups is 1. The third-order valence-corrected chi connectivity index (χ3v) is 4.55. The van der Waals surface area contributed by atoms with Gasteiger partial charge in [0.05, 0.1) is 10.9 Å². The molecule has 0 amide bonds. The van der Waals surface area contributed by atoms with Crippen LogP contribution in [0.1, 0.15) is 11.1 Å². The Morgan fingerprint density at radius 2 is 1.79 bits per heavy atom. The van der Waals surface area contributed by atoms with Gasteiger partial charge in [-0.15, -0.1) is 0 Å². The maximum atomic E-state index is 12.6. The van der Waals surface area contributed by atoms with Gasteiger partial charge in [-0.25, -0.2) is 17.8 Å². The van der Waals surface area contributed by atoms with Crippen molar-refractivity contribution in [3.05, 3.63) is 68.6 Å². The number of nitrogens with zero attached hydrogens (tertiary/aromatic N) is 2. The number of fused-ring (bicyclic) bond motifs is 1. The molecule has 0 saturated heterocycles. The summed E-state index contributed by atoms with van der Waals surface area (Å²) in [6.07, 6.45) is 4.81. The SMILES string of the molecule is Cc1cc2[nH]c(=O)n(CS(C)(=O)=O)c(=O)c2cc1Cn1cccc1. The minimum atomic E-state index is -3.51. The molecular formula is C16H17N3O4S. The first kappa shape index (κ1) is 16.3. The molecule has 3 aromatic rings. The second-order valence-electron chi connectivity index (χ2n) is 5.90. The summed E-state index contributed by atoms with van der Waals surface area (Å²) in [4.78, 5) is 27.2. The van der Waals surface area contributed by atoms with Crippen molar-refractivity contribution in [2.24, 2.45) is 0 Å². The summed E-state index contributed by atoms with van der Waals surface area (Å²) in [5, 5.41) is 0.297. The lowest BCUT2D eigenvalue weighted by atomic mass is 10.1. The molecular weight excluding hydrogens is 330 g/mol. The Morgan fingerprint density at radius 3 is 2.42 bits per heavy atom. The number of aromatic amines is 1. The number of H-pyrrole nitrogens is 1. The van der Waals surface area contributed by atoms with Gasteiger partial charge in [-0.1, -0.05) is 0 Å². The van der Waals surface area contributed by atoms with Gasteiger partial charge in [0.25, 0.3) is 5.56 Å². The summed E-state index contributed by atoms with van der Waals surface area (Å²) in [6, 6.07) is 7.27. The maximum absolute atomic E-state index is 12.6. The van der Waals surface area contributed by atoms with Crippen molar-refractivity contribution in [3.63, 3.8) is 0 Å². The van der Waals surface area contributed by atoms with Crippen LogP contribution in [0.3, 0.4) is 0 Å². The molecule has 3 rings (SSSR count).